The van der Waals surface area contributed by atoms with Gasteiger partial charge in [0.2, 0.25) is 5.91 Å². The minimum atomic E-state index is 0. The second-order valence-corrected chi connectivity index (χ2v) is 6.43. The Bertz CT molecular complexity index is 272. The predicted molar refractivity (Wildman–Crippen MR) is 86.3 cm³/mol. The zero-order valence-corrected chi connectivity index (χ0v) is 13.6. The summed E-state index contributed by atoms with van der Waals surface area (Å²) < 4.78 is 0. The standard InChI is InChI=1S/C16H30N2O.ClH/c1-2-13-5-7-14(8-6-13)12-18-16(19)10-9-15-4-3-11-17-15;/h13-15,17H,2-12H2,1H3,(H,18,19);1H. The van der Waals surface area contributed by atoms with Crippen LogP contribution in [0, 0.1) is 11.8 Å². The molecule has 0 aromatic heterocycles. The summed E-state index contributed by atoms with van der Waals surface area (Å²) in [5.41, 5.74) is 0. The third-order valence-corrected chi connectivity index (χ3v) is 5.01. The molecule has 0 bridgehead atoms. The van der Waals surface area contributed by atoms with Crippen molar-refractivity contribution < 1.29 is 4.79 Å². The van der Waals surface area contributed by atoms with Gasteiger partial charge >= 0.3 is 0 Å². The maximum absolute atomic E-state index is 11.8. The van der Waals surface area contributed by atoms with Crippen LogP contribution < -0.4 is 10.6 Å². The van der Waals surface area contributed by atoms with Crippen molar-refractivity contribution in [1.29, 1.82) is 0 Å². The number of hydrogen-bond donors (Lipinski definition) is 2. The number of hydrogen-bond acceptors (Lipinski definition) is 2. The van der Waals surface area contributed by atoms with Gasteiger partial charge in [-0.05, 0) is 50.5 Å². The van der Waals surface area contributed by atoms with Crippen LogP contribution in [0.15, 0.2) is 0 Å². The average Bonchev–Trinajstić information content (AvgIpc) is 2.96. The molecule has 118 valence electrons. The third kappa shape index (κ3) is 6.01. The first-order valence-corrected chi connectivity index (χ1v) is 8.28. The molecule has 0 radical (unpaired) electrons. The van der Waals surface area contributed by atoms with Gasteiger partial charge in [-0.3, -0.25) is 4.79 Å². The van der Waals surface area contributed by atoms with Crippen LogP contribution in [0.4, 0.5) is 0 Å². The molecule has 3 nitrogen and oxygen atoms in total. The molecule has 2 fully saturated rings. The van der Waals surface area contributed by atoms with Crippen LogP contribution in [-0.2, 0) is 4.79 Å². The number of nitrogens with one attached hydrogen (secondary N) is 2. The van der Waals surface area contributed by atoms with Crippen molar-refractivity contribution in [3.8, 4) is 0 Å². The van der Waals surface area contributed by atoms with Gasteiger partial charge in [-0.1, -0.05) is 26.2 Å². The molecule has 1 amide bonds. The van der Waals surface area contributed by atoms with Crippen molar-refractivity contribution in [2.24, 2.45) is 11.8 Å². The summed E-state index contributed by atoms with van der Waals surface area (Å²) in [6.45, 7) is 4.34. The van der Waals surface area contributed by atoms with Crippen LogP contribution in [0.2, 0.25) is 0 Å². The van der Waals surface area contributed by atoms with E-state index >= 15 is 0 Å². The minimum Gasteiger partial charge on any atom is -0.356 e. The Morgan fingerprint density at radius 3 is 2.45 bits per heavy atom. The van der Waals surface area contributed by atoms with Crippen LogP contribution in [-0.4, -0.2) is 25.0 Å². The van der Waals surface area contributed by atoms with Gasteiger partial charge in [-0.15, -0.1) is 12.4 Å². The molecule has 1 atom stereocenters. The van der Waals surface area contributed by atoms with E-state index in [2.05, 4.69) is 17.6 Å². The molecule has 1 unspecified atom stereocenters. The van der Waals surface area contributed by atoms with Gasteiger partial charge in [-0.25, -0.2) is 0 Å². The Kier molecular flexibility index (Phi) is 8.55. The van der Waals surface area contributed by atoms with Crippen molar-refractivity contribution in [2.75, 3.05) is 13.1 Å². The topological polar surface area (TPSA) is 41.1 Å². The molecule has 0 spiro atoms. The number of carbonyl (C=O) groups is 1. The van der Waals surface area contributed by atoms with Crippen molar-refractivity contribution in [3.05, 3.63) is 0 Å². The van der Waals surface area contributed by atoms with E-state index in [1.165, 1.54) is 44.9 Å². The van der Waals surface area contributed by atoms with E-state index in [1.54, 1.807) is 0 Å². The highest BCUT2D eigenvalue weighted by Gasteiger charge is 2.20. The van der Waals surface area contributed by atoms with Crippen LogP contribution in [0.1, 0.15) is 64.7 Å². The molecule has 1 saturated carbocycles. The summed E-state index contributed by atoms with van der Waals surface area (Å²) in [6, 6.07) is 0.589. The largest absolute Gasteiger partial charge is 0.356 e. The maximum atomic E-state index is 11.8. The molecule has 1 aliphatic carbocycles. The van der Waals surface area contributed by atoms with E-state index < -0.39 is 0 Å². The fraction of sp³-hybridized carbons (Fsp3) is 0.938. The second kappa shape index (κ2) is 9.62. The highest BCUT2D eigenvalue weighted by Crippen LogP contribution is 2.30. The van der Waals surface area contributed by atoms with Gasteiger partial charge in [0.15, 0.2) is 0 Å². The Labute approximate surface area is 130 Å². The quantitative estimate of drug-likeness (QED) is 0.790. The Balaban J connectivity index is 0.00000200. The first-order valence-electron chi connectivity index (χ1n) is 8.28. The van der Waals surface area contributed by atoms with Crippen molar-refractivity contribution in [2.45, 2.75) is 70.8 Å². The van der Waals surface area contributed by atoms with Crippen molar-refractivity contribution in [1.82, 2.24) is 10.6 Å². The molecule has 2 N–H and O–H groups in total. The number of amides is 1. The fourth-order valence-corrected chi connectivity index (χ4v) is 3.50. The molecule has 1 heterocycles. The van der Waals surface area contributed by atoms with E-state index in [0.717, 1.165) is 31.3 Å². The van der Waals surface area contributed by atoms with Gasteiger partial charge < -0.3 is 10.6 Å². The summed E-state index contributed by atoms with van der Waals surface area (Å²) in [5, 5.41) is 6.59. The molecular weight excluding hydrogens is 272 g/mol. The van der Waals surface area contributed by atoms with Crippen LogP contribution in [0.3, 0.4) is 0 Å². The van der Waals surface area contributed by atoms with Gasteiger partial charge in [-0.2, -0.15) is 0 Å². The lowest BCUT2D eigenvalue weighted by molar-refractivity contribution is -0.121. The zero-order valence-electron chi connectivity index (χ0n) is 12.8. The van der Waals surface area contributed by atoms with Gasteiger partial charge in [0.25, 0.3) is 0 Å². The van der Waals surface area contributed by atoms with Gasteiger partial charge in [0.05, 0.1) is 0 Å². The lowest BCUT2D eigenvalue weighted by atomic mass is 9.81. The highest BCUT2D eigenvalue weighted by atomic mass is 35.5. The SMILES string of the molecule is CCC1CCC(CNC(=O)CCC2CCCN2)CC1.Cl. The van der Waals surface area contributed by atoms with E-state index in [-0.39, 0.29) is 18.3 Å². The minimum absolute atomic E-state index is 0. The van der Waals surface area contributed by atoms with E-state index in [9.17, 15) is 4.79 Å². The summed E-state index contributed by atoms with van der Waals surface area (Å²) >= 11 is 0. The molecular formula is C16H31ClN2O. The summed E-state index contributed by atoms with van der Waals surface area (Å²) in [4.78, 5) is 11.8. The van der Waals surface area contributed by atoms with Crippen molar-refractivity contribution in [3.63, 3.8) is 0 Å². The number of rotatable bonds is 6. The smallest absolute Gasteiger partial charge is 0.220 e. The van der Waals surface area contributed by atoms with E-state index in [1.807, 2.05) is 0 Å². The van der Waals surface area contributed by atoms with Crippen LogP contribution >= 0.6 is 12.4 Å². The van der Waals surface area contributed by atoms with Crippen LogP contribution in [0.5, 0.6) is 0 Å². The summed E-state index contributed by atoms with van der Waals surface area (Å²) in [6.07, 6.45) is 10.9. The van der Waals surface area contributed by atoms with E-state index in [4.69, 9.17) is 0 Å². The lowest BCUT2D eigenvalue weighted by Gasteiger charge is -2.27. The molecule has 1 aliphatic heterocycles. The monoisotopic (exact) mass is 302 g/mol. The van der Waals surface area contributed by atoms with Gasteiger partial charge in [0, 0.05) is 19.0 Å². The Hall–Kier alpha value is -0.280. The lowest BCUT2D eigenvalue weighted by Crippen LogP contribution is -2.32. The molecule has 20 heavy (non-hydrogen) atoms. The average molecular weight is 303 g/mol. The molecule has 2 aliphatic rings. The molecule has 0 aromatic carbocycles. The molecule has 2 rings (SSSR count). The molecule has 0 aromatic rings. The van der Waals surface area contributed by atoms with E-state index in [0.29, 0.717) is 12.5 Å². The highest BCUT2D eigenvalue weighted by molar-refractivity contribution is 5.85. The molecule has 1 saturated heterocycles. The normalized spacial score (nSPS) is 29.8. The number of halogens is 1. The first kappa shape index (κ1) is 17.8. The second-order valence-electron chi connectivity index (χ2n) is 6.43. The fourth-order valence-electron chi connectivity index (χ4n) is 3.50. The Morgan fingerprint density at radius 2 is 1.85 bits per heavy atom. The predicted octanol–water partition coefficient (Wildman–Crippen LogP) is 3.27. The summed E-state index contributed by atoms with van der Waals surface area (Å²) in [7, 11) is 0. The number of carbonyl (C=O) groups excluding carboxylic acids is 1. The first-order chi connectivity index (χ1) is 9.28. The Morgan fingerprint density at radius 1 is 1.15 bits per heavy atom. The molecule has 4 heteroatoms. The summed E-state index contributed by atoms with van der Waals surface area (Å²) in [5.74, 6) is 1.93. The maximum Gasteiger partial charge on any atom is 0.220 e. The van der Waals surface area contributed by atoms with Crippen molar-refractivity contribution >= 4 is 18.3 Å². The van der Waals surface area contributed by atoms with Crippen LogP contribution in [0.25, 0.3) is 0 Å². The third-order valence-electron chi connectivity index (χ3n) is 5.01. The zero-order chi connectivity index (χ0) is 13.5. The van der Waals surface area contributed by atoms with Gasteiger partial charge in [0.1, 0.15) is 0 Å².